The predicted octanol–water partition coefficient (Wildman–Crippen LogP) is -0.548. The monoisotopic (exact) mass is 181 g/mol. The second kappa shape index (κ2) is 2.94. The molecular formula is C10H19N3. The molecule has 3 aliphatic heterocycles. The maximum Gasteiger partial charge on any atom is 0.0345 e. The summed E-state index contributed by atoms with van der Waals surface area (Å²) in [6, 6.07) is 0.883. The van der Waals surface area contributed by atoms with E-state index >= 15 is 0 Å². The summed E-state index contributed by atoms with van der Waals surface area (Å²) in [5.41, 5.74) is 0. The zero-order valence-corrected chi connectivity index (χ0v) is 8.37. The molecule has 0 radical (unpaired) electrons. The third-order valence-electron chi connectivity index (χ3n) is 3.97. The van der Waals surface area contributed by atoms with Crippen molar-refractivity contribution in [3.05, 3.63) is 0 Å². The van der Waals surface area contributed by atoms with Crippen molar-refractivity contribution in [1.29, 1.82) is 0 Å². The maximum atomic E-state index is 3.34. The molecule has 3 fully saturated rings. The van der Waals surface area contributed by atoms with E-state index in [9.17, 15) is 0 Å². The van der Waals surface area contributed by atoms with Crippen LogP contribution in [0.15, 0.2) is 0 Å². The van der Waals surface area contributed by atoms with Crippen LogP contribution in [0.2, 0.25) is 0 Å². The molecule has 0 spiro atoms. The lowest BCUT2D eigenvalue weighted by molar-refractivity contribution is -0.0417. The number of nitrogens with one attached hydrogen (secondary N) is 1. The minimum Gasteiger partial charge on any atom is -0.314 e. The Bertz CT molecular complexity index is 190. The van der Waals surface area contributed by atoms with Crippen molar-refractivity contribution >= 4 is 0 Å². The van der Waals surface area contributed by atoms with Crippen LogP contribution in [-0.2, 0) is 0 Å². The van der Waals surface area contributed by atoms with Crippen molar-refractivity contribution in [2.75, 3.05) is 46.3 Å². The van der Waals surface area contributed by atoms with Gasteiger partial charge in [0.25, 0.3) is 0 Å². The summed E-state index contributed by atoms with van der Waals surface area (Å²) < 4.78 is 0. The molecule has 3 saturated heterocycles. The average molecular weight is 181 g/mol. The standard InChI is InChI=1S/C10H19N3/c1-12-4-8(5-12)9-6-13(7-9)10-2-11-3-10/h8-11H,2-7H2,1H3. The number of nitrogens with zero attached hydrogens (tertiary/aromatic N) is 2. The third-order valence-corrected chi connectivity index (χ3v) is 3.97. The van der Waals surface area contributed by atoms with Gasteiger partial charge in [0.15, 0.2) is 0 Å². The van der Waals surface area contributed by atoms with Crippen LogP contribution in [-0.4, -0.2) is 62.2 Å². The van der Waals surface area contributed by atoms with Crippen LogP contribution < -0.4 is 5.32 Å². The van der Waals surface area contributed by atoms with Crippen LogP contribution in [0.25, 0.3) is 0 Å². The van der Waals surface area contributed by atoms with E-state index in [-0.39, 0.29) is 0 Å². The Balaban J connectivity index is 1.42. The first-order valence-corrected chi connectivity index (χ1v) is 5.46. The topological polar surface area (TPSA) is 18.5 Å². The van der Waals surface area contributed by atoms with Gasteiger partial charge >= 0.3 is 0 Å². The fourth-order valence-electron chi connectivity index (χ4n) is 2.72. The summed E-state index contributed by atoms with van der Waals surface area (Å²) in [6.45, 7) is 7.92. The van der Waals surface area contributed by atoms with E-state index in [1.54, 1.807) is 0 Å². The van der Waals surface area contributed by atoms with Crippen molar-refractivity contribution < 1.29 is 0 Å². The molecule has 0 unspecified atom stereocenters. The summed E-state index contributed by atoms with van der Waals surface area (Å²) in [5, 5.41) is 3.34. The number of rotatable bonds is 2. The van der Waals surface area contributed by atoms with Gasteiger partial charge in [-0.1, -0.05) is 0 Å². The third kappa shape index (κ3) is 1.30. The van der Waals surface area contributed by atoms with Crippen molar-refractivity contribution in [3.8, 4) is 0 Å². The first-order chi connectivity index (χ1) is 6.33. The molecule has 3 heteroatoms. The minimum absolute atomic E-state index is 0.883. The smallest absolute Gasteiger partial charge is 0.0345 e. The Hall–Kier alpha value is -0.120. The first-order valence-electron chi connectivity index (χ1n) is 5.46. The number of likely N-dealkylation sites (tertiary alicyclic amines) is 2. The molecule has 0 bridgehead atoms. The summed E-state index contributed by atoms with van der Waals surface area (Å²) in [4.78, 5) is 5.08. The Morgan fingerprint density at radius 3 is 2.08 bits per heavy atom. The van der Waals surface area contributed by atoms with Gasteiger partial charge in [0.05, 0.1) is 0 Å². The maximum absolute atomic E-state index is 3.34. The van der Waals surface area contributed by atoms with Crippen LogP contribution in [0, 0.1) is 11.8 Å². The van der Waals surface area contributed by atoms with E-state index in [0.29, 0.717) is 0 Å². The Morgan fingerprint density at radius 1 is 1.00 bits per heavy atom. The predicted molar refractivity (Wildman–Crippen MR) is 52.7 cm³/mol. The molecule has 0 aromatic rings. The molecule has 13 heavy (non-hydrogen) atoms. The van der Waals surface area contributed by atoms with Crippen LogP contribution in [0.3, 0.4) is 0 Å². The van der Waals surface area contributed by atoms with Crippen molar-refractivity contribution in [2.45, 2.75) is 6.04 Å². The quantitative estimate of drug-likeness (QED) is 0.617. The van der Waals surface area contributed by atoms with Crippen LogP contribution in [0.4, 0.5) is 0 Å². The molecule has 0 amide bonds. The number of hydrogen-bond donors (Lipinski definition) is 1. The van der Waals surface area contributed by atoms with E-state index in [1.165, 1.54) is 39.3 Å². The first kappa shape index (κ1) is 8.21. The Labute approximate surface area is 80.1 Å². The van der Waals surface area contributed by atoms with Crippen molar-refractivity contribution in [1.82, 2.24) is 15.1 Å². The zero-order chi connectivity index (χ0) is 8.84. The molecule has 1 N–H and O–H groups in total. The summed E-state index contributed by atoms with van der Waals surface area (Å²) in [7, 11) is 2.22. The second-order valence-corrected chi connectivity index (χ2v) is 5.01. The van der Waals surface area contributed by atoms with E-state index < -0.39 is 0 Å². The Kier molecular flexibility index (Phi) is 1.86. The molecule has 74 valence electrons. The van der Waals surface area contributed by atoms with Gasteiger partial charge in [0.1, 0.15) is 0 Å². The Morgan fingerprint density at radius 2 is 1.62 bits per heavy atom. The minimum atomic E-state index is 0.883. The fourth-order valence-corrected chi connectivity index (χ4v) is 2.72. The van der Waals surface area contributed by atoms with E-state index in [2.05, 4.69) is 22.2 Å². The van der Waals surface area contributed by atoms with Crippen molar-refractivity contribution in [3.63, 3.8) is 0 Å². The van der Waals surface area contributed by atoms with Gasteiger partial charge in [-0.05, 0) is 18.9 Å². The van der Waals surface area contributed by atoms with E-state index in [4.69, 9.17) is 0 Å². The SMILES string of the molecule is CN1CC(C2CN(C3CNC3)C2)C1. The van der Waals surface area contributed by atoms with Gasteiger partial charge in [-0.25, -0.2) is 0 Å². The molecule has 0 aromatic carbocycles. The number of hydrogen-bond acceptors (Lipinski definition) is 3. The molecule has 3 nitrogen and oxygen atoms in total. The van der Waals surface area contributed by atoms with Gasteiger partial charge in [-0.2, -0.15) is 0 Å². The van der Waals surface area contributed by atoms with Gasteiger partial charge in [-0.15, -0.1) is 0 Å². The highest BCUT2D eigenvalue weighted by Crippen LogP contribution is 2.31. The summed E-state index contributed by atoms with van der Waals surface area (Å²) in [5.74, 6) is 2.05. The van der Waals surface area contributed by atoms with Crippen LogP contribution >= 0.6 is 0 Å². The molecule has 0 aliphatic carbocycles. The molecule has 0 saturated carbocycles. The van der Waals surface area contributed by atoms with Crippen LogP contribution in [0.5, 0.6) is 0 Å². The average Bonchev–Trinajstić information content (AvgIpc) is 1.86. The lowest BCUT2D eigenvalue weighted by Gasteiger charge is -2.54. The highest BCUT2D eigenvalue weighted by Gasteiger charge is 2.41. The zero-order valence-electron chi connectivity index (χ0n) is 8.37. The highest BCUT2D eigenvalue weighted by molar-refractivity contribution is 4.97. The lowest BCUT2D eigenvalue weighted by Crippen LogP contribution is -2.67. The molecule has 0 atom stereocenters. The molecule has 3 heterocycles. The summed E-state index contributed by atoms with van der Waals surface area (Å²) in [6.07, 6.45) is 0. The normalized spacial score (nSPS) is 33.9. The van der Waals surface area contributed by atoms with Crippen molar-refractivity contribution in [2.24, 2.45) is 11.8 Å². The van der Waals surface area contributed by atoms with E-state index in [0.717, 1.165) is 17.9 Å². The molecule has 0 aromatic heterocycles. The largest absolute Gasteiger partial charge is 0.314 e. The van der Waals surface area contributed by atoms with E-state index in [1.807, 2.05) is 0 Å². The summed E-state index contributed by atoms with van der Waals surface area (Å²) >= 11 is 0. The highest BCUT2D eigenvalue weighted by atomic mass is 15.3. The second-order valence-electron chi connectivity index (χ2n) is 5.01. The van der Waals surface area contributed by atoms with Gasteiger partial charge in [0, 0.05) is 45.3 Å². The molecule has 3 aliphatic rings. The van der Waals surface area contributed by atoms with Crippen LogP contribution in [0.1, 0.15) is 0 Å². The van der Waals surface area contributed by atoms with Gasteiger partial charge in [-0.3, -0.25) is 4.90 Å². The fraction of sp³-hybridized carbons (Fsp3) is 1.00. The molecular weight excluding hydrogens is 162 g/mol. The lowest BCUT2D eigenvalue weighted by atomic mass is 9.80. The molecule has 3 rings (SSSR count). The van der Waals surface area contributed by atoms with Gasteiger partial charge in [0.2, 0.25) is 0 Å². The van der Waals surface area contributed by atoms with Gasteiger partial charge < -0.3 is 10.2 Å².